The van der Waals surface area contributed by atoms with E-state index in [0.29, 0.717) is 12.5 Å². The van der Waals surface area contributed by atoms with E-state index in [1.165, 1.54) is 0 Å². The van der Waals surface area contributed by atoms with Gasteiger partial charge in [-0.15, -0.1) is 0 Å². The van der Waals surface area contributed by atoms with Crippen molar-refractivity contribution in [1.82, 2.24) is 9.78 Å². The van der Waals surface area contributed by atoms with Crippen molar-refractivity contribution < 1.29 is 9.84 Å². The minimum atomic E-state index is -0.481. The Balaban J connectivity index is 1.88. The molecule has 4 nitrogen and oxygen atoms in total. The van der Waals surface area contributed by atoms with E-state index in [2.05, 4.69) is 18.9 Å². The highest BCUT2D eigenvalue weighted by molar-refractivity contribution is 5.40. The summed E-state index contributed by atoms with van der Waals surface area (Å²) in [5, 5.41) is 14.7. The first-order chi connectivity index (χ1) is 9.54. The summed E-state index contributed by atoms with van der Waals surface area (Å²) in [6.07, 6.45) is 3.79. The van der Waals surface area contributed by atoms with Gasteiger partial charge in [-0.25, -0.2) is 0 Å². The van der Waals surface area contributed by atoms with Crippen LogP contribution < -0.4 is 4.74 Å². The number of aliphatic hydroxyl groups is 1. The van der Waals surface area contributed by atoms with Crippen LogP contribution in [0.15, 0.2) is 30.6 Å². The molecule has 0 fully saturated rings. The molecule has 0 bridgehead atoms. The molecule has 1 aromatic heterocycles. The highest BCUT2D eigenvalue weighted by Crippen LogP contribution is 2.41. The van der Waals surface area contributed by atoms with Crippen molar-refractivity contribution in [2.75, 3.05) is 0 Å². The summed E-state index contributed by atoms with van der Waals surface area (Å²) in [6, 6.07) is 6.26. The normalized spacial score (nSPS) is 21.6. The molecular weight excluding hydrogens is 252 g/mol. The zero-order valence-electron chi connectivity index (χ0n) is 12.1. The molecule has 1 N–H and O–H groups in total. The van der Waals surface area contributed by atoms with Crippen LogP contribution in [0, 0.1) is 6.92 Å². The second-order valence-electron chi connectivity index (χ2n) is 5.75. The Morgan fingerprint density at radius 3 is 2.90 bits per heavy atom. The minimum absolute atomic E-state index is 0.132. The number of aliphatic hydroxyl groups excluding tert-OH is 1. The van der Waals surface area contributed by atoms with Gasteiger partial charge in [0.2, 0.25) is 0 Å². The number of fused-ring (bicyclic) bond motifs is 1. The fourth-order valence-corrected chi connectivity index (χ4v) is 2.57. The van der Waals surface area contributed by atoms with Crippen LogP contribution >= 0.6 is 0 Å². The summed E-state index contributed by atoms with van der Waals surface area (Å²) in [6.45, 7) is 6.20. The summed E-state index contributed by atoms with van der Waals surface area (Å²) >= 11 is 0. The third-order valence-corrected chi connectivity index (χ3v) is 3.75. The Bertz CT molecular complexity index is 619. The molecule has 0 spiro atoms. The van der Waals surface area contributed by atoms with Crippen molar-refractivity contribution in [3.8, 4) is 5.75 Å². The highest BCUT2D eigenvalue weighted by atomic mass is 16.5. The largest absolute Gasteiger partial charge is 0.485 e. The Morgan fingerprint density at radius 1 is 1.40 bits per heavy atom. The summed E-state index contributed by atoms with van der Waals surface area (Å²) in [7, 11) is 0. The first kappa shape index (κ1) is 13.2. The molecule has 0 radical (unpaired) electrons. The molecule has 2 heterocycles. The van der Waals surface area contributed by atoms with Gasteiger partial charge < -0.3 is 9.84 Å². The zero-order chi connectivity index (χ0) is 14.3. The van der Waals surface area contributed by atoms with E-state index in [1.54, 1.807) is 0 Å². The molecule has 0 aliphatic carbocycles. The maximum absolute atomic E-state index is 10.3. The van der Waals surface area contributed by atoms with Gasteiger partial charge in [-0.05, 0) is 32.9 Å². The third kappa shape index (κ3) is 2.31. The molecule has 106 valence electrons. The van der Waals surface area contributed by atoms with Gasteiger partial charge in [-0.3, -0.25) is 4.68 Å². The predicted octanol–water partition coefficient (Wildman–Crippen LogP) is 3.33. The van der Waals surface area contributed by atoms with E-state index >= 15 is 0 Å². The average Bonchev–Trinajstić information content (AvgIpc) is 2.89. The summed E-state index contributed by atoms with van der Waals surface area (Å²) in [4.78, 5) is 0. The molecule has 2 aromatic rings. The Hall–Kier alpha value is -1.81. The van der Waals surface area contributed by atoms with Crippen molar-refractivity contribution in [3.05, 3.63) is 47.3 Å². The molecule has 20 heavy (non-hydrogen) atoms. The van der Waals surface area contributed by atoms with Gasteiger partial charge in [0.25, 0.3) is 0 Å². The predicted molar refractivity (Wildman–Crippen MR) is 76.7 cm³/mol. The lowest BCUT2D eigenvalue weighted by Gasteiger charge is -2.29. The minimum Gasteiger partial charge on any atom is -0.485 e. The molecule has 4 heteroatoms. The first-order valence-electron chi connectivity index (χ1n) is 7.04. The topological polar surface area (TPSA) is 47.3 Å². The van der Waals surface area contributed by atoms with Crippen LogP contribution in [0.5, 0.6) is 5.75 Å². The van der Waals surface area contributed by atoms with Gasteiger partial charge in [-0.2, -0.15) is 5.10 Å². The zero-order valence-corrected chi connectivity index (χ0v) is 12.1. The maximum atomic E-state index is 10.3. The maximum Gasteiger partial charge on any atom is 0.130 e. The molecule has 3 rings (SSSR count). The number of rotatable bonds is 2. The third-order valence-electron chi connectivity index (χ3n) is 3.75. The van der Waals surface area contributed by atoms with E-state index in [1.807, 2.05) is 42.2 Å². The van der Waals surface area contributed by atoms with Crippen molar-refractivity contribution in [1.29, 1.82) is 0 Å². The summed E-state index contributed by atoms with van der Waals surface area (Å²) in [5.74, 6) is 0.775. The van der Waals surface area contributed by atoms with Gasteiger partial charge in [0.05, 0.1) is 12.3 Å². The van der Waals surface area contributed by atoms with E-state index in [0.717, 1.165) is 22.4 Å². The monoisotopic (exact) mass is 272 g/mol. The van der Waals surface area contributed by atoms with E-state index in [9.17, 15) is 5.11 Å². The summed E-state index contributed by atoms with van der Waals surface area (Å²) < 4.78 is 7.94. The van der Waals surface area contributed by atoms with Crippen molar-refractivity contribution in [3.63, 3.8) is 0 Å². The molecule has 2 atom stereocenters. The number of benzene rings is 1. The molecular formula is C16H20N2O2. The van der Waals surface area contributed by atoms with Crippen LogP contribution in [-0.4, -0.2) is 14.9 Å². The number of hydrogen-bond acceptors (Lipinski definition) is 3. The van der Waals surface area contributed by atoms with Gasteiger partial charge in [0, 0.05) is 29.8 Å². The van der Waals surface area contributed by atoms with Gasteiger partial charge in [-0.1, -0.05) is 11.6 Å². The van der Waals surface area contributed by atoms with Crippen molar-refractivity contribution >= 4 is 0 Å². The fourth-order valence-electron chi connectivity index (χ4n) is 2.57. The Kier molecular flexibility index (Phi) is 3.26. The number of aromatic nitrogens is 2. The summed E-state index contributed by atoms with van der Waals surface area (Å²) in [5.41, 5.74) is 3.04. The second kappa shape index (κ2) is 4.94. The first-order valence-corrected chi connectivity index (χ1v) is 7.04. The van der Waals surface area contributed by atoms with Crippen molar-refractivity contribution in [2.24, 2.45) is 0 Å². The van der Waals surface area contributed by atoms with E-state index in [4.69, 9.17) is 4.74 Å². The quantitative estimate of drug-likeness (QED) is 0.912. The van der Waals surface area contributed by atoms with Gasteiger partial charge in [0.1, 0.15) is 11.9 Å². The lowest BCUT2D eigenvalue weighted by molar-refractivity contribution is 0.0656. The Labute approximate surface area is 119 Å². The van der Waals surface area contributed by atoms with Gasteiger partial charge >= 0.3 is 0 Å². The smallest absolute Gasteiger partial charge is 0.130 e. The Morgan fingerprint density at radius 2 is 2.20 bits per heavy atom. The molecule has 1 aliphatic heterocycles. The van der Waals surface area contributed by atoms with Crippen LogP contribution in [0.1, 0.15) is 55.2 Å². The molecule has 1 unspecified atom stereocenters. The molecule has 1 aromatic carbocycles. The molecule has 0 amide bonds. The average molecular weight is 272 g/mol. The van der Waals surface area contributed by atoms with E-state index < -0.39 is 6.10 Å². The van der Waals surface area contributed by atoms with Crippen molar-refractivity contribution in [2.45, 2.75) is 45.4 Å². The number of aryl methyl sites for hydroxylation is 1. The molecule has 0 saturated carbocycles. The van der Waals surface area contributed by atoms with Crippen LogP contribution in [0.3, 0.4) is 0 Å². The van der Waals surface area contributed by atoms with Crippen LogP contribution in [0.25, 0.3) is 0 Å². The number of ether oxygens (including phenoxy) is 1. The lowest BCUT2D eigenvalue weighted by Crippen LogP contribution is -2.18. The SMILES string of the molecule is Cc1ccc2c(c1)[C@@H](O)CC(c1cnn(C(C)C)c1)O2. The number of nitrogens with zero attached hydrogens (tertiary/aromatic N) is 2. The van der Waals surface area contributed by atoms with Gasteiger partial charge in [0.15, 0.2) is 0 Å². The number of hydrogen-bond donors (Lipinski definition) is 1. The van der Waals surface area contributed by atoms with E-state index in [-0.39, 0.29) is 6.10 Å². The highest BCUT2D eigenvalue weighted by Gasteiger charge is 2.29. The molecule has 0 saturated heterocycles. The van der Waals surface area contributed by atoms with Crippen LogP contribution in [0.2, 0.25) is 0 Å². The second-order valence-corrected chi connectivity index (χ2v) is 5.75. The molecule has 1 aliphatic rings. The fraction of sp³-hybridized carbons (Fsp3) is 0.438. The van der Waals surface area contributed by atoms with Crippen LogP contribution in [0.4, 0.5) is 0 Å². The van der Waals surface area contributed by atoms with Crippen LogP contribution in [-0.2, 0) is 0 Å². The standard InChI is InChI=1S/C16H20N2O2/c1-10(2)18-9-12(8-17-18)16-7-14(19)13-6-11(3)4-5-15(13)20-16/h4-6,8-10,14,16,19H,7H2,1-3H3/t14-,16?/m0/s1. The lowest BCUT2D eigenvalue weighted by atomic mass is 9.95.